The number of rotatable bonds is 2. The molecule has 0 atom stereocenters. The van der Waals surface area contributed by atoms with Crippen molar-refractivity contribution >= 4 is 17.3 Å². The van der Waals surface area contributed by atoms with Gasteiger partial charge in [-0.05, 0) is 19.1 Å². The first kappa shape index (κ1) is 10.4. The van der Waals surface area contributed by atoms with Crippen LogP contribution in [0.2, 0.25) is 0 Å². The number of nitrogens with two attached hydrogens (primary N) is 1. The number of nitrogen functional groups attached to an aromatic ring is 1. The SMILES string of the molecule is Cc1nc(Nc2cccc(F)c2F)c(N)[nH]1. The minimum absolute atomic E-state index is 0.00167. The van der Waals surface area contributed by atoms with Crippen LogP contribution in [0, 0.1) is 18.6 Å². The number of nitrogens with one attached hydrogen (secondary N) is 2. The molecule has 4 nitrogen and oxygen atoms in total. The molecule has 0 fully saturated rings. The molecule has 84 valence electrons. The summed E-state index contributed by atoms with van der Waals surface area (Å²) in [6.45, 7) is 1.71. The lowest BCUT2D eigenvalue weighted by Gasteiger charge is -2.05. The minimum atomic E-state index is -0.956. The number of aromatic nitrogens is 2. The van der Waals surface area contributed by atoms with Crippen LogP contribution in [0.5, 0.6) is 0 Å². The van der Waals surface area contributed by atoms with Gasteiger partial charge in [0.2, 0.25) is 0 Å². The van der Waals surface area contributed by atoms with Crippen LogP contribution in [-0.2, 0) is 0 Å². The van der Waals surface area contributed by atoms with E-state index in [0.29, 0.717) is 5.82 Å². The third-order valence-electron chi connectivity index (χ3n) is 2.05. The molecule has 0 radical (unpaired) electrons. The van der Waals surface area contributed by atoms with Gasteiger partial charge < -0.3 is 16.0 Å². The summed E-state index contributed by atoms with van der Waals surface area (Å²) in [6, 6.07) is 3.85. The number of benzene rings is 1. The van der Waals surface area contributed by atoms with E-state index in [0.717, 1.165) is 6.07 Å². The second-order valence-electron chi connectivity index (χ2n) is 3.31. The second-order valence-corrected chi connectivity index (χ2v) is 3.31. The highest BCUT2D eigenvalue weighted by molar-refractivity contribution is 5.66. The normalized spacial score (nSPS) is 10.4. The molecule has 0 spiro atoms. The number of aromatic amines is 1. The van der Waals surface area contributed by atoms with Crippen molar-refractivity contribution in [1.82, 2.24) is 9.97 Å². The number of H-pyrrole nitrogens is 1. The van der Waals surface area contributed by atoms with Crippen molar-refractivity contribution in [2.24, 2.45) is 0 Å². The number of anilines is 3. The molecule has 2 rings (SSSR count). The van der Waals surface area contributed by atoms with Gasteiger partial charge in [-0.1, -0.05) is 6.07 Å². The van der Waals surface area contributed by atoms with Crippen LogP contribution >= 0.6 is 0 Å². The van der Waals surface area contributed by atoms with Gasteiger partial charge in [-0.25, -0.2) is 13.8 Å². The highest BCUT2D eigenvalue weighted by Gasteiger charge is 2.10. The zero-order valence-corrected chi connectivity index (χ0v) is 8.51. The van der Waals surface area contributed by atoms with Crippen molar-refractivity contribution in [3.8, 4) is 0 Å². The Bertz CT molecular complexity index is 522. The Morgan fingerprint density at radius 3 is 2.75 bits per heavy atom. The van der Waals surface area contributed by atoms with Gasteiger partial charge in [-0.2, -0.15) is 0 Å². The maximum atomic E-state index is 13.3. The van der Waals surface area contributed by atoms with Crippen LogP contribution in [0.4, 0.5) is 26.1 Å². The highest BCUT2D eigenvalue weighted by Crippen LogP contribution is 2.23. The first-order chi connectivity index (χ1) is 7.58. The first-order valence-electron chi connectivity index (χ1n) is 4.61. The van der Waals surface area contributed by atoms with Gasteiger partial charge in [0.1, 0.15) is 11.6 Å². The van der Waals surface area contributed by atoms with Gasteiger partial charge in [-0.3, -0.25) is 0 Å². The van der Waals surface area contributed by atoms with Crippen molar-refractivity contribution in [1.29, 1.82) is 0 Å². The van der Waals surface area contributed by atoms with E-state index in [9.17, 15) is 8.78 Å². The fourth-order valence-electron chi connectivity index (χ4n) is 1.33. The van der Waals surface area contributed by atoms with E-state index in [1.165, 1.54) is 12.1 Å². The van der Waals surface area contributed by atoms with Gasteiger partial charge in [0.15, 0.2) is 17.5 Å². The molecule has 2 aromatic rings. The Morgan fingerprint density at radius 1 is 1.38 bits per heavy atom. The summed E-state index contributed by atoms with van der Waals surface area (Å²) < 4.78 is 26.2. The summed E-state index contributed by atoms with van der Waals surface area (Å²) in [4.78, 5) is 6.75. The highest BCUT2D eigenvalue weighted by atomic mass is 19.2. The fraction of sp³-hybridized carbons (Fsp3) is 0.100. The summed E-state index contributed by atoms with van der Waals surface area (Å²) >= 11 is 0. The van der Waals surface area contributed by atoms with Crippen LogP contribution in [0.15, 0.2) is 18.2 Å². The summed E-state index contributed by atoms with van der Waals surface area (Å²) in [5.74, 6) is -0.724. The Morgan fingerprint density at radius 2 is 2.12 bits per heavy atom. The summed E-state index contributed by atoms with van der Waals surface area (Å²) in [5.41, 5.74) is 5.58. The molecule has 0 unspecified atom stereocenters. The quantitative estimate of drug-likeness (QED) is 0.733. The van der Waals surface area contributed by atoms with Crippen molar-refractivity contribution in [3.63, 3.8) is 0 Å². The van der Waals surface area contributed by atoms with E-state index in [-0.39, 0.29) is 17.3 Å². The summed E-state index contributed by atoms with van der Waals surface area (Å²) in [7, 11) is 0. The topological polar surface area (TPSA) is 66.7 Å². The summed E-state index contributed by atoms with van der Waals surface area (Å²) in [6.07, 6.45) is 0. The van der Waals surface area contributed by atoms with Crippen molar-refractivity contribution in [2.75, 3.05) is 11.1 Å². The van der Waals surface area contributed by atoms with E-state index in [1.807, 2.05) is 0 Å². The molecule has 0 aliphatic rings. The average molecular weight is 224 g/mol. The van der Waals surface area contributed by atoms with Gasteiger partial charge in [0.25, 0.3) is 0 Å². The minimum Gasteiger partial charge on any atom is -0.382 e. The van der Waals surface area contributed by atoms with E-state index in [4.69, 9.17) is 5.73 Å². The van der Waals surface area contributed by atoms with Crippen LogP contribution < -0.4 is 11.1 Å². The van der Waals surface area contributed by atoms with Gasteiger partial charge >= 0.3 is 0 Å². The number of hydrogen-bond acceptors (Lipinski definition) is 3. The molecule has 0 aliphatic carbocycles. The van der Waals surface area contributed by atoms with Crippen LogP contribution in [0.25, 0.3) is 0 Å². The molecule has 0 saturated heterocycles. The van der Waals surface area contributed by atoms with Gasteiger partial charge in [-0.15, -0.1) is 0 Å². The van der Waals surface area contributed by atoms with E-state index in [1.54, 1.807) is 6.92 Å². The lowest BCUT2D eigenvalue weighted by Crippen LogP contribution is -1.99. The summed E-state index contributed by atoms with van der Waals surface area (Å²) in [5, 5.41) is 2.62. The van der Waals surface area contributed by atoms with Crippen molar-refractivity contribution < 1.29 is 8.78 Å². The molecule has 0 bridgehead atoms. The Kier molecular flexibility index (Phi) is 2.47. The Hall–Kier alpha value is -2.11. The monoisotopic (exact) mass is 224 g/mol. The number of nitrogens with zero attached hydrogens (tertiary/aromatic N) is 1. The molecule has 16 heavy (non-hydrogen) atoms. The van der Waals surface area contributed by atoms with Crippen LogP contribution in [0.1, 0.15) is 5.82 Å². The predicted molar refractivity (Wildman–Crippen MR) is 57.4 cm³/mol. The third kappa shape index (κ3) is 1.81. The largest absolute Gasteiger partial charge is 0.382 e. The standard InChI is InChI=1S/C10H10F2N4/c1-5-14-9(13)10(15-5)16-7-4-2-3-6(11)8(7)12/h2-4,16H,13H2,1H3,(H,14,15). The predicted octanol–water partition coefficient (Wildman–Crippen LogP) is 2.32. The fourth-order valence-corrected chi connectivity index (χ4v) is 1.33. The first-order valence-corrected chi connectivity index (χ1v) is 4.61. The molecule has 1 aromatic heterocycles. The zero-order valence-electron chi connectivity index (χ0n) is 8.51. The maximum absolute atomic E-state index is 13.3. The van der Waals surface area contributed by atoms with Crippen molar-refractivity contribution in [2.45, 2.75) is 6.92 Å². The van der Waals surface area contributed by atoms with Crippen molar-refractivity contribution in [3.05, 3.63) is 35.7 Å². The smallest absolute Gasteiger partial charge is 0.182 e. The molecule has 1 heterocycles. The van der Waals surface area contributed by atoms with E-state index in [2.05, 4.69) is 15.3 Å². The molecule has 4 N–H and O–H groups in total. The Labute approximate surface area is 90.5 Å². The third-order valence-corrected chi connectivity index (χ3v) is 2.05. The second kappa shape index (κ2) is 3.80. The van der Waals surface area contributed by atoms with Crippen LogP contribution in [-0.4, -0.2) is 9.97 Å². The molecular formula is C10H10F2N4. The van der Waals surface area contributed by atoms with E-state index < -0.39 is 11.6 Å². The van der Waals surface area contributed by atoms with E-state index >= 15 is 0 Å². The molecule has 0 amide bonds. The molecular weight excluding hydrogens is 214 g/mol. The zero-order chi connectivity index (χ0) is 11.7. The number of hydrogen-bond donors (Lipinski definition) is 3. The molecule has 0 aliphatic heterocycles. The lowest BCUT2D eigenvalue weighted by molar-refractivity contribution is 0.511. The molecule has 6 heteroatoms. The van der Waals surface area contributed by atoms with Gasteiger partial charge in [0.05, 0.1) is 5.69 Å². The maximum Gasteiger partial charge on any atom is 0.182 e. The number of imidazole rings is 1. The van der Waals surface area contributed by atoms with Gasteiger partial charge in [0, 0.05) is 0 Å². The molecule has 0 saturated carbocycles. The number of aryl methyl sites for hydroxylation is 1. The van der Waals surface area contributed by atoms with Crippen LogP contribution in [0.3, 0.4) is 0 Å². The average Bonchev–Trinajstić information content (AvgIpc) is 2.53. The molecule has 1 aromatic carbocycles. The Balaban J connectivity index is 2.34. The lowest BCUT2D eigenvalue weighted by atomic mass is 10.3. The number of halogens is 2.